The minimum atomic E-state index is -3.69. The Kier molecular flexibility index (Phi) is 4.32. The molecule has 0 radical (unpaired) electrons. The number of rotatable bonds is 4. The van der Waals surface area contributed by atoms with E-state index in [-0.39, 0.29) is 4.90 Å². The quantitative estimate of drug-likeness (QED) is 0.796. The molecule has 116 valence electrons. The minimum absolute atomic E-state index is 0.255. The van der Waals surface area contributed by atoms with Crippen LogP contribution in [0.5, 0.6) is 0 Å². The molecule has 0 unspecified atom stereocenters. The summed E-state index contributed by atoms with van der Waals surface area (Å²) >= 11 is 1.92. The third-order valence-electron chi connectivity index (χ3n) is 4.30. The van der Waals surface area contributed by atoms with Crippen molar-refractivity contribution in [1.29, 1.82) is 0 Å². The minimum Gasteiger partial charge on any atom is -0.273 e. The van der Waals surface area contributed by atoms with Crippen LogP contribution in [0.2, 0.25) is 0 Å². The molecular formula is C15H21NO3S2. The monoisotopic (exact) mass is 327 g/mol. The van der Waals surface area contributed by atoms with Gasteiger partial charge in [-0.1, -0.05) is 17.7 Å². The highest BCUT2D eigenvalue weighted by atomic mass is 32.2. The van der Waals surface area contributed by atoms with Crippen molar-refractivity contribution in [3.8, 4) is 0 Å². The third kappa shape index (κ3) is 3.13. The number of thioether (sulfide) groups is 1. The second-order valence-corrected chi connectivity index (χ2v) is 8.52. The lowest BCUT2D eigenvalue weighted by Crippen LogP contribution is -2.58. The lowest BCUT2D eigenvalue weighted by Gasteiger charge is -2.49. The van der Waals surface area contributed by atoms with Gasteiger partial charge in [0.15, 0.2) is 0 Å². The van der Waals surface area contributed by atoms with Gasteiger partial charge >= 0.3 is 0 Å². The molecule has 0 amide bonds. The summed E-state index contributed by atoms with van der Waals surface area (Å²) in [5, 5.41) is 0. The molecule has 4 nitrogen and oxygen atoms in total. The predicted molar refractivity (Wildman–Crippen MR) is 84.9 cm³/mol. The van der Waals surface area contributed by atoms with Crippen LogP contribution in [0.3, 0.4) is 0 Å². The summed E-state index contributed by atoms with van der Waals surface area (Å²) in [4.78, 5) is 2.48. The van der Waals surface area contributed by atoms with Crippen LogP contribution in [0.15, 0.2) is 29.2 Å². The maximum absolute atomic E-state index is 12.5. The van der Waals surface area contributed by atoms with Crippen molar-refractivity contribution in [2.75, 3.05) is 24.6 Å². The van der Waals surface area contributed by atoms with Gasteiger partial charge in [0.2, 0.25) is 0 Å². The van der Waals surface area contributed by atoms with Crippen molar-refractivity contribution in [3.05, 3.63) is 29.8 Å². The average Bonchev–Trinajstić information content (AvgIpc) is 2.44. The molecule has 6 heteroatoms. The molecule has 1 aliphatic heterocycles. The molecule has 1 heterocycles. The lowest BCUT2D eigenvalue weighted by molar-refractivity contribution is -0.133. The van der Waals surface area contributed by atoms with Crippen molar-refractivity contribution in [2.45, 2.75) is 36.8 Å². The largest absolute Gasteiger partial charge is 0.298 e. The summed E-state index contributed by atoms with van der Waals surface area (Å²) in [6, 6.07) is 6.87. The van der Waals surface area contributed by atoms with Gasteiger partial charge in [0.25, 0.3) is 10.1 Å². The van der Waals surface area contributed by atoms with Gasteiger partial charge in [-0.05, 0) is 38.3 Å². The molecule has 3 rings (SSSR count). The highest BCUT2D eigenvalue weighted by molar-refractivity contribution is 7.99. The number of aryl methyl sites for hydroxylation is 1. The van der Waals surface area contributed by atoms with Gasteiger partial charge in [0.1, 0.15) is 5.72 Å². The molecule has 0 atom stereocenters. The summed E-state index contributed by atoms with van der Waals surface area (Å²) in [6.45, 7) is 3.76. The number of hydrogen-bond donors (Lipinski definition) is 0. The zero-order valence-electron chi connectivity index (χ0n) is 12.2. The highest BCUT2D eigenvalue weighted by Gasteiger charge is 2.47. The molecular weight excluding hydrogens is 306 g/mol. The Labute approximate surface area is 131 Å². The SMILES string of the molecule is Cc1ccc(S(=O)(=O)OC2(N3CCSCC3)CCC2)cc1. The smallest absolute Gasteiger partial charge is 0.273 e. The van der Waals surface area contributed by atoms with Gasteiger partial charge in [-0.2, -0.15) is 20.2 Å². The second kappa shape index (κ2) is 5.91. The highest BCUT2D eigenvalue weighted by Crippen LogP contribution is 2.42. The average molecular weight is 327 g/mol. The fraction of sp³-hybridized carbons (Fsp3) is 0.600. The van der Waals surface area contributed by atoms with Gasteiger partial charge in [-0.3, -0.25) is 4.90 Å². The topological polar surface area (TPSA) is 46.6 Å². The fourth-order valence-electron chi connectivity index (χ4n) is 2.86. The summed E-state index contributed by atoms with van der Waals surface area (Å²) in [7, 11) is -3.69. The van der Waals surface area contributed by atoms with Crippen LogP contribution in [-0.4, -0.2) is 43.6 Å². The van der Waals surface area contributed by atoms with Gasteiger partial charge in [-0.25, -0.2) is 4.18 Å². The Morgan fingerprint density at radius 3 is 2.29 bits per heavy atom. The molecule has 21 heavy (non-hydrogen) atoms. The molecule has 0 N–H and O–H groups in total. The zero-order chi connectivity index (χ0) is 14.9. The molecule has 1 saturated heterocycles. The fourth-order valence-corrected chi connectivity index (χ4v) is 5.01. The Morgan fingerprint density at radius 1 is 1.14 bits per heavy atom. The van der Waals surface area contributed by atoms with Crippen LogP contribution in [0.1, 0.15) is 24.8 Å². The number of nitrogens with zero attached hydrogens (tertiary/aromatic N) is 1. The van der Waals surface area contributed by atoms with Crippen LogP contribution in [-0.2, 0) is 14.3 Å². The van der Waals surface area contributed by atoms with Gasteiger partial charge < -0.3 is 0 Å². The second-order valence-electron chi connectivity index (χ2n) is 5.75. The molecule has 1 aromatic rings. The van der Waals surface area contributed by atoms with Crippen molar-refractivity contribution >= 4 is 21.9 Å². The summed E-state index contributed by atoms with van der Waals surface area (Å²) in [6.07, 6.45) is 2.65. The van der Waals surface area contributed by atoms with Crippen LogP contribution in [0.25, 0.3) is 0 Å². The van der Waals surface area contributed by atoms with Crippen molar-refractivity contribution in [1.82, 2.24) is 4.90 Å². The number of hydrogen-bond acceptors (Lipinski definition) is 5. The molecule has 1 aromatic carbocycles. The molecule has 0 aromatic heterocycles. The van der Waals surface area contributed by atoms with Crippen LogP contribution in [0.4, 0.5) is 0 Å². The van der Waals surface area contributed by atoms with E-state index in [2.05, 4.69) is 4.90 Å². The van der Waals surface area contributed by atoms with E-state index in [4.69, 9.17) is 4.18 Å². The van der Waals surface area contributed by atoms with E-state index in [0.717, 1.165) is 49.4 Å². The Morgan fingerprint density at radius 2 is 1.76 bits per heavy atom. The first-order valence-corrected chi connectivity index (χ1v) is 9.93. The third-order valence-corrected chi connectivity index (χ3v) is 6.62. The van der Waals surface area contributed by atoms with Crippen LogP contribution >= 0.6 is 11.8 Å². The summed E-state index contributed by atoms with van der Waals surface area (Å²) in [5.41, 5.74) is 0.449. The maximum Gasteiger partial charge on any atom is 0.298 e. The van der Waals surface area contributed by atoms with Crippen molar-refractivity contribution in [2.24, 2.45) is 0 Å². The van der Waals surface area contributed by atoms with E-state index in [0.29, 0.717) is 0 Å². The predicted octanol–water partition coefficient (Wildman–Crippen LogP) is 2.63. The van der Waals surface area contributed by atoms with Crippen molar-refractivity contribution < 1.29 is 12.6 Å². The van der Waals surface area contributed by atoms with E-state index in [9.17, 15) is 8.42 Å². The molecule has 1 aliphatic carbocycles. The number of benzene rings is 1. The molecule has 1 saturated carbocycles. The van der Waals surface area contributed by atoms with Gasteiger partial charge in [0, 0.05) is 24.6 Å². The lowest BCUT2D eigenvalue weighted by atomic mass is 9.86. The summed E-state index contributed by atoms with van der Waals surface area (Å²) in [5.74, 6) is 2.10. The van der Waals surface area contributed by atoms with Gasteiger partial charge in [-0.15, -0.1) is 0 Å². The normalized spacial score (nSPS) is 22.7. The molecule has 2 fully saturated rings. The Balaban J connectivity index is 1.81. The first-order chi connectivity index (χ1) is 10.0. The van der Waals surface area contributed by atoms with E-state index in [1.807, 2.05) is 18.7 Å². The molecule has 0 bridgehead atoms. The standard InChI is InChI=1S/C15H21NO3S2/c1-13-3-5-14(6-4-13)21(17,18)19-15(7-2-8-15)16-9-11-20-12-10-16/h3-6H,2,7-12H2,1H3. The van der Waals surface area contributed by atoms with Gasteiger partial charge in [0.05, 0.1) is 4.90 Å². The molecule has 0 spiro atoms. The Bertz CT molecular complexity index is 588. The maximum atomic E-state index is 12.5. The molecule has 2 aliphatic rings. The first-order valence-electron chi connectivity index (χ1n) is 7.37. The van der Waals surface area contributed by atoms with E-state index in [1.54, 1.807) is 24.3 Å². The van der Waals surface area contributed by atoms with E-state index >= 15 is 0 Å². The van der Waals surface area contributed by atoms with Crippen LogP contribution < -0.4 is 0 Å². The zero-order valence-corrected chi connectivity index (χ0v) is 13.9. The van der Waals surface area contributed by atoms with E-state index in [1.165, 1.54) is 0 Å². The summed E-state index contributed by atoms with van der Waals surface area (Å²) < 4.78 is 30.8. The first kappa shape index (κ1) is 15.3. The van der Waals surface area contributed by atoms with E-state index < -0.39 is 15.8 Å². The Hall–Kier alpha value is -0.560. The van der Waals surface area contributed by atoms with Crippen LogP contribution in [0, 0.1) is 6.92 Å². The van der Waals surface area contributed by atoms with Crippen molar-refractivity contribution in [3.63, 3.8) is 0 Å².